The van der Waals surface area contributed by atoms with Crippen molar-refractivity contribution < 1.29 is 14.3 Å². The van der Waals surface area contributed by atoms with Crippen molar-refractivity contribution in [2.45, 2.75) is 13.0 Å². The van der Waals surface area contributed by atoms with Crippen LogP contribution in [0.25, 0.3) is 0 Å². The molecule has 0 bridgehead atoms. The predicted molar refractivity (Wildman–Crippen MR) is 119 cm³/mol. The Balaban J connectivity index is 1.58. The lowest BCUT2D eigenvalue weighted by molar-refractivity contribution is -0.118. The van der Waals surface area contributed by atoms with E-state index in [0.29, 0.717) is 27.0 Å². The van der Waals surface area contributed by atoms with E-state index in [1.54, 1.807) is 36.4 Å². The third-order valence-electron chi connectivity index (χ3n) is 4.31. The number of carbonyl (C=O) groups is 2. The number of hydrogen-bond donors (Lipinski definition) is 2. The maximum atomic E-state index is 12.6. The van der Waals surface area contributed by atoms with E-state index < -0.39 is 0 Å². The van der Waals surface area contributed by atoms with Crippen LogP contribution in [0.2, 0.25) is 10.0 Å². The Kier molecular flexibility index (Phi) is 7.33. The monoisotopic (exact) mass is 442 g/mol. The molecule has 3 aromatic carbocycles. The summed E-state index contributed by atoms with van der Waals surface area (Å²) in [6.07, 6.45) is 0. The fourth-order valence-corrected chi connectivity index (χ4v) is 3.24. The fraction of sp³-hybridized carbons (Fsp3) is 0.130. The van der Waals surface area contributed by atoms with Gasteiger partial charge in [0.15, 0.2) is 6.61 Å². The van der Waals surface area contributed by atoms with Crippen LogP contribution >= 0.6 is 23.2 Å². The number of hydrogen-bond acceptors (Lipinski definition) is 3. The molecule has 0 heterocycles. The first-order chi connectivity index (χ1) is 14.4. The van der Waals surface area contributed by atoms with Gasteiger partial charge in [0.1, 0.15) is 5.75 Å². The van der Waals surface area contributed by atoms with E-state index in [9.17, 15) is 9.59 Å². The van der Waals surface area contributed by atoms with E-state index >= 15 is 0 Å². The van der Waals surface area contributed by atoms with Crippen molar-refractivity contribution in [3.63, 3.8) is 0 Å². The molecule has 0 fully saturated rings. The van der Waals surface area contributed by atoms with Gasteiger partial charge in [0, 0.05) is 16.3 Å². The molecule has 3 rings (SSSR count). The topological polar surface area (TPSA) is 67.4 Å². The van der Waals surface area contributed by atoms with Gasteiger partial charge in [-0.05, 0) is 48.9 Å². The summed E-state index contributed by atoms with van der Waals surface area (Å²) >= 11 is 11.9. The van der Waals surface area contributed by atoms with Crippen LogP contribution in [0.1, 0.15) is 28.9 Å². The summed E-state index contributed by atoms with van der Waals surface area (Å²) in [5, 5.41) is 6.46. The molecule has 0 aliphatic heterocycles. The van der Waals surface area contributed by atoms with E-state index in [2.05, 4.69) is 10.6 Å². The van der Waals surface area contributed by atoms with Crippen molar-refractivity contribution in [2.75, 3.05) is 11.9 Å². The number of ether oxygens (including phenoxy) is 1. The molecule has 0 saturated carbocycles. The number of anilines is 1. The predicted octanol–water partition coefficient (Wildman–Crippen LogP) is 5.50. The van der Waals surface area contributed by atoms with Gasteiger partial charge in [-0.3, -0.25) is 9.59 Å². The average Bonchev–Trinajstić information content (AvgIpc) is 2.74. The highest BCUT2D eigenvalue weighted by molar-refractivity contribution is 6.35. The third kappa shape index (κ3) is 5.99. The molecule has 30 heavy (non-hydrogen) atoms. The van der Waals surface area contributed by atoms with Crippen molar-refractivity contribution in [1.29, 1.82) is 0 Å². The van der Waals surface area contributed by atoms with Crippen molar-refractivity contribution >= 4 is 40.7 Å². The lowest BCUT2D eigenvalue weighted by atomic mass is 10.1. The van der Waals surface area contributed by atoms with E-state index in [-0.39, 0.29) is 24.5 Å². The van der Waals surface area contributed by atoms with Gasteiger partial charge < -0.3 is 15.4 Å². The van der Waals surface area contributed by atoms with Crippen LogP contribution in [0.3, 0.4) is 0 Å². The fourth-order valence-electron chi connectivity index (χ4n) is 2.78. The standard InChI is InChI=1S/C23H20Cl2N2O3/c1-15(16-6-3-2-4-7-16)26-23(29)17-8-5-9-19(12-17)27-22(28)14-30-21-11-10-18(24)13-20(21)25/h2-13,15H,14H2,1H3,(H,26,29)(H,27,28). The summed E-state index contributed by atoms with van der Waals surface area (Å²) in [5.74, 6) is -0.248. The Morgan fingerprint density at radius 1 is 0.967 bits per heavy atom. The molecule has 7 heteroatoms. The summed E-state index contributed by atoms with van der Waals surface area (Å²) in [4.78, 5) is 24.8. The van der Waals surface area contributed by atoms with Crippen LogP contribution in [0, 0.1) is 0 Å². The van der Waals surface area contributed by atoms with E-state index in [0.717, 1.165) is 5.56 Å². The van der Waals surface area contributed by atoms with E-state index in [1.165, 1.54) is 6.07 Å². The van der Waals surface area contributed by atoms with Crippen molar-refractivity contribution in [3.05, 3.63) is 94.0 Å². The quantitative estimate of drug-likeness (QED) is 0.507. The van der Waals surface area contributed by atoms with Crippen molar-refractivity contribution in [3.8, 4) is 5.75 Å². The first-order valence-corrected chi connectivity index (χ1v) is 10.0. The molecule has 0 aromatic heterocycles. The van der Waals surface area contributed by atoms with Gasteiger partial charge in [-0.25, -0.2) is 0 Å². The van der Waals surface area contributed by atoms with Gasteiger partial charge in [-0.1, -0.05) is 59.6 Å². The highest BCUT2D eigenvalue weighted by Crippen LogP contribution is 2.27. The Bertz CT molecular complexity index is 1040. The van der Waals surface area contributed by atoms with Crippen LogP contribution in [-0.4, -0.2) is 18.4 Å². The van der Waals surface area contributed by atoms with Crippen molar-refractivity contribution in [1.82, 2.24) is 5.32 Å². The molecule has 0 spiro atoms. The number of nitrogens with one attached hydrogen (secondary N) is 2. The first kappa shape index (κ1) is 21.7. The second kappa shape index (κ2) is 10.1. The summed E-state index contributed by atoms with van der Waals surface area (Å²) in [6.45, 7) is 1.68. The second-order valence-electron chi connectivity index (χ2n) is 6.60. The van der Waals surface area contributed by atoms with Gasteiger partial charge in [0.2, 0.25) is 0 Å². The maximum absolute atomic E-state index is 12.6. The van der Waals surface area contributed by atoms with Crippen LogP contribution < -0.4 is 15.4 Å². The molecule has 0 aliphatic rings. The maximum Gasteiger partial charge on any atom is 0.262 e. The third-order valence-corrected chi connectivity index (χ3v) is 4.84. The Hall–Kier alpha value is -3.02. The number of rotatable bonds is 7. The summed E-state index contributed by atoms with van der Waals surface area (Å²) < 4.78 is 5.42. The Labute approximate surface area is 185 Å². The Morgan fingerprint density at radius 2 is 1.73 bits per heavy atom. The van der Waals surface area contributed by atoms with E-state index in [1.807, 2.05) is 37.3 Å². The SMILES string of the molecule is CC(NC(=O)c1cccc(NC(=O)COc2ccc(Cl)cc2Cl)c1)c1ccccc1. The van der Waals surface area contributed by atoms with Crippen LogP contribution in [0.4, 0.5) is 5.69 Å². The van der Waals surface area contributed by atoms with Crippen LogP contribution in [-0.2, 0) is 4.79 Å². The van der Waals surface area contributed by atoms with Crippen LogP contribution in [0.5, 0.6) is 5.75 Å². The molecule has 5 nitrogen and oxygen atoms in total. The lowest BCUT2D eigenvalue weighted by Crippen LogP contribution is -2.27. The lowest BCUT2D eigenvalue weighted by Gasteiger charge is -2.15. The molecule has 154 valence electrons. The molecular formula is C23H20Cl2N2O3. The zero-order chi connectivity index (χ0) is 21.5. The summed E-state index contributed by atoms with van der Waals surface area (Å²) in [7, 11) is 0. The summed E-state index contributed by atoms with van der Waals surface area (Å²) in [5.41, 5.74) is 1.94. The van der Waals surface area contributed by atoms with Crippen LogP contribution in [0.15, 0.2) is 72.8 Å². The Morgan fingerprint density at radius 3 is 2.47 bits per heavy atom. The van der Waals surface area contributed by atoms with Gasteiger partial charge in [0.25, 0.3) is 11.8 Å². The van der Waals surface area contributed by atoms with Crippen molar-refractivity contribution in [2.24, 2.45) is 0 Å². The largest absolute Gasteiger partial charge is 0.482 e. The first-order valence-electron chi connectivity index (χ1n) is 9.26. The van der Waals surface area contributed by atoms with Gasteiger partial charge in [-0.15, -0.1) is 0 Å². The molecule has 0 saturated heterocycles. The number of carbonyl (C=O) groups excluding carboxylic acids is 2. The molecular weight excluding hydrogens is 423 g/mol. The molecule has 2 amide bonds. The minimum Gasteiger partial charge on any atom is -0.482 e. The second-order valence-corrected chi connectivity index (χ2v) is 7.44. The minimum absolute atomic E-state index is 0.144. The smallest absolute Gasteiger partial charge is 0.262 e. The molecule has 2 N–H and O–H groups in total. The van der Waals surface area contributed by atoms with Gasteiger partial charge >= 0.3 is 0 Å². The highest BCUT2D eigenvalue weighted by Gasteiger charge is 2.13. The molecule has 3 aromatic rings. The van der Waals surface area contributed by atoms with Gasteiger partial charge in [0.05, 0.1) is 11.1 Å². The molecule has 0 aliphatic carbocycles. The van der Waals surface area contributed by atoms with E-state index in [4.69, 9.17) is 27.9 Å². The number of benzene rings is 3. The molecule has 0 radical (unpaired) electrons. The average molecular weight is 443 g/mol. The number of amides is 2. The normalized spacial score (nSPS) is 11.4. The molecule has 1 atom stereocenters. The molecule has 1 unspecified atom stereocenters. The summed E-state index contributed by atoms with van der Waals surface area (Å²) in [6, 6.07) is 21.0. The number of halogens is 2. The highest BCUT2D eigenvalue weighted by atomic mass is 35.5. The zero-order valence-corrected chi connectivity index (χ0v) is 17.7. The zero-order valence-electron chi connectivity index (χ0n) is 16.2. The van der Waals surface area contributed by atoms with Gasteiger partial charge in [-0.2, -0.15) is 0 Å². The minimum atomic E-state index is -0.378.